The fourth-order valence-corrected chi connectivity index (χ4v) is 5.65. The number of nitrogens with one attached hydrogen (secondary N) is 1. The van der Waals surface area contributed by atoms with Crippen molar-refractivity contribution in [3.63, 3.8) is 0 Å². The zero-order valence-corrected chi connectivity index (χ0v) is 25.2. The van der Waals surface area contributed by atoms with Gasteiger partial charge in [0.15, 0.2) is 0 Å². The zero-order valence-electron chi connectivity index (χ0n) is 23.6. The molecule has 0 radical (unpaired) electrons. The maximum absolute atomic E-state index is 14.2. The maximum atomic E-state index is 14.2. The van der Waals surface area contributed by atoms with Crippen molar-refractivity contribution < 1.29 is 18.0 Å². The van der Waals surface area contributed by atoms with E-state index in [0.717, 1.165) is 19.7 Å². The third-order valence-electron chi connectivity index (χ3n) is 6.57. The Bertz CT molecular complexity index is 1430. The lowest BCUT2D eigenvalue weighted by atomic mass is 10.0. The van der Waals surface area contributed by atoms with Crippen LogP contribution in [0.25, 0.3) is 0 Å². The SMILES string of the molecule is CCNC(=O)C(Cc1ccccc1)N(Cc1ccccc1Cl)C(=O)CN(c1cc(C)ccc1C)S(=O)(=O)N(C)C. The molecule has 40 heavy (non-hydrogen) atoms. The third kappa shape index (κ3) is 7.62. The number of aryl methyl sites for hydroxylation is 2. The van der Waals surface area contributed by atoms with Crippen LogP contribution >= 0.6 is 11.6 Å². The van der Waals surface area contributed by atoms with E-state index in [1.807, 2.05) is 56.3 Å². The van der Waals surface area contributed by atoms with Gasteiger partial charge >= 0.3 is 10.2 Å². The van der Waals surface area contributed by atoms with E-state index < -0.39 is 28.7 Å². The molecule has 0 aromatic heterocycles. The largest absolute Gasteiger partial charge is 0.355 e. The minimum Gasteiger partial charge on any atom is -0.355 e. The Hall–Kier alpha value is -3.40. The van der Waals surface area contributed by atoms with Crippen molar-refractivity contribution in [2.75, 3.05) is 31.5 Å². The van der Waals surface area contributed by atoms with Gasteiger partial charge in [-0.3, -0.25) is 9.59 Å². The number of rotatable bonds is 12. The van der Waals surface area contributed by atoms with Crippen LogP contribution in [0.15, 0.2) is 72.8 Å². The highest BCUT2D eigenvalue weighted by Gasteiger charge is 2.35. The Labute approximate surface area is 242 Å². The van der Waals surface area contributed by atoms with Crippen molar-refractivity contribution >= 4 is 39.3 Å². The van der Waals surface area contributed by atoms with Crippen LogP contribution in [0.3, 0.4) is 0 Å². The van der Waals surface area contributed by atoms with Crippen molar-refractivity contribution in [3.8, 4) is 0 Å². The highest BCUT2D eigenvalue weighted by molar-refractivity contribution is 7.90. The molecule has 0 aliphatic heterocycles. The predicted octanol–water partition coefficient (Wildman–Crippen LogP) is 4.35. The molecule has 10 heteroatoms. The molecule has 1 N–H and O–H groups in total. The van der Waals surface area contributed by atoms with Crippen LogP contribution in [0.5, 0.6) is 0 Å². The normalized spacial score (nSPS) is 12.2. The van der Waals surface area contributed by atoms with E-state index in [2.05, 4.69) is 5.32 Å². The number of carbonyl (C=O) groups is 2. The number of carbonyl (C=O) groups excluding carboxylic acids is 2. The third-order valence-corrected chi connectivity index (χ3v) is 8.75. The Morgan fingerprint density at radius 2 is 1.60 bits per heavy atom. The van der Waals surface area contributed by atoms with E-state index >= 15 is 0 Å². The first kappa shape index (κ1) is 31.1. The molecule has 3 aromatic carbocycles. The van der Waals surface area contributed by atoms with Crippen LogP contribution in [0.4, 0.5) is 5.69 Å². The molecule has 3 aromatic rings. The summed E-state index contributed by atoms with van der Waals surface area (Å²) >= 11 is 6.48. The van der Waals surface area contributed by atoms with Crippen LogP contribution in [-0.2, 0) is 32.8 Å². The second-order valence-corrected chi connectivity index (χ2v) is 12.3. The molecular formula is C30H37ClN4O4S. The Balaban J connectivity index is 2.12. The molecule has 0 spiro atoms. The molecule has 0 saturated carbocycles. The summed E-state index contributed by atoms with van der Waals surface area (Å²) in [6.45, 7) is 5.37. The van der Waals surface area contributed by atoms with E-state index in [9.17, 15) is 18.0 Å². The van der Waals surface area contributed by atoms with Gasteiger partial charge in [-0.15, -0.1) is 0 Å². The molecule has 0 saturated heterocycles. The summed E-state index contributed by atoms with van der Waals surface area (Å²) in [6.07, 6.45) is 0.243. The summed E-state index contributed by atoms with van der Waals surface area (Å²) in [7, 11) is -1.22. The summed E-state index contributed by atoms with van der Waals surface area (Å²) in [4.78, 5) is 29.1. The molecule has 214 valence electrons. The molecule has 2 amide bonds. The number of nitrogens with zero attached hydrogens (tertiary/aromatic N) is 3. The summed E-state index contributed by atoms with van der Waals surface area (Å²) in [6, 6.07) is 21.1. The number of halogens is 1. The number of likely N-dealkylation sites (N-methyl/N-ethyl adjacent to an activating group) is 1. The number of hydrogen-bond donors (Lipinski definition) is 1. The fourth-order valence-electron chi connectivity index (χ4n) is 4.35. The number of anilines is 1. The molecule has 0 fully saturated rings. The van der Waals surface area contributed by atoms with Gasteiger partial charge in [0.25, 0.3) is 0 Å². The average molecular weight is 585 g/mol. The molecule has 0 heterocycles. The van der Waals surface area contributed by atoms with Gasteiger partial charge in [-0.25, -0.2) is 4.31 Å². The van der Waals surface area contributed by atoms with Crippen molar-refractivity contribution in [2.24, 2.45) is 0 Å². The number of hydrogen-bond acceptors (Lipinski definition) is 4. The van der Waals surface area contributed by atoms with Crippen LogP contribution in [0.2, 0.25) is 5.02 Å². The standard InChI is InChI=1S/C30H37ClN4O4S/c1-6-32-30(37)28(19-24-12-8-7-9-13-24)34(20-25-14-10-11-15-26(25)31)29(36)21-35(40(38,39)33(4)5)27-18-22(2)16-17-23(27)3/h7-18,28H,6,19-21H2,1-5H3,(H,32,37). The molecule has 8 nitrogen and oxygen atoms in total. The van der Waals surface area contributed by atoms with Crippen LogP contribution in [0.1, 0.15) is 29.2 Å². The highest BCUT2D eigenvalue weighted by atomic mass is 35.5. The molecule has 0 aliphatic carbocycles. The van der Waals surface area contributed by atoms with E-state index in [1.54, 1.807) is 37.3 Å². The Morgan fingerprint density at radius 1 is 0.950 bits per heavy atom. The fraction of sp³-hybridized carbons (Fsp3) is 0.333. The molecular weight excluding hydrogens is 548 g/mol. The van der Waals surface area contributed by atoms with Gasteiger partial charge in [0.05, 0.1) is 5.69 Å². The van der Waals surface area contributed by atoms with Gasteiger partial charge in [0.1, 0.15) is 12.6 Å². The maximum Gasteiger partial charge on any atom is 0.304 e. The van der Waals surface area contributed by atoms with Gasteiger partial charge in [-0.05, 0) is 55.2 Å². The molecule has 0 bridgehead atoms. The Kier molecular flexibility index (Phi) is 10.7. The van der Waals surface area contributed by atoms with E-state index in [-0.39, 0.29) is 18.9 Å². The van der Waals surface area contributed by atoms with E-state index in [1.165, 1.54) is 19.0 Å². The molecule has 0 aliphatic rings. The summed E-state index contributed by atoms with van der Waals surface area (Å²) < 4.78 is 29.3. The number of benzene rings is 3. The molecule has 1 unspecified atom stereocenters. The first-order chi connectivity index (χ1) is 18.9. The van der Waals surface area contributed by atoms with Crippen LogP contribution in [-0.4, -0.2) is 62.7 Å². The summed E-state index contributed by atoms with van der Waals surface area (Å²) in [5.41, 5.74) is 3.46. The van der Waals surface area contributed by atoms with E-state index in [0.29, 0.717) is 28.4 Å². The summed E-state index contributed by atoms with van der Waals surface area (Å²) in [5.74, 6) is -0.862. The predicted molar refractivity (Wildman–Crippen MR) is 160 cm³/mol. The van der Waals surface area contributed by atoms with Gasteiger partial charge in [-0.1, -0.05) is 72.3 Å². The Morgan fingerprint density at radius 3 is 2.23 bits per heavy atom. The lowest BCUT2D eigenvalue weighted by Gasteiger charge is -2.35. The van der Waals surface area contributed by atoms with Crippen molar-refractivity contribution in [2.45, 2.75) is 39.8 Å². The van der Waals surface area contributed by atoms with Crippen LogP contribution in [0, 0.1) is 13.8 Å². The van der Waals surface area contributed by atoms with Gasteiger partial charge in [-0.2, -0.15) is 12.7 Å². The van der Waals surface area contributed by atoms with Gasteiger partial charge in [0, 0.05) is 38.6 Å². The van der Waals surface area contributed by atoms with Crippen molar-refractivity contribution in [1.29, 1.82) is 0 Å². The first-order valence-corrected chi connectivity index (χ1v) is 14.8. The second-order valence-electron chi connectivity index (χ2n) is 9.80. The van der Waals surface area contributed by atoms with Crippen LogP contribution < -0.4 is 9.62 Å². The van der Waals surface area contributed by atoms with Gasteiger partial charge < -0.3 is 10.2 Å². The lowest BCUT2D eigenvalue weighted by Crippen LogP contribution is -2.54. The van der Waals surface area contributed by atoms with Crippen molar-refractivity contribution in [3.05, 3.63) is 100 Å². The second kappa shape index (κ2) is 13.8. The first-order valence-electron chi connectivity index (χ1n) is 13.1. The monoisotopic (exact) mass is 584 g/mol. The molecule has 3 rings (SSSR count). The minimum atomic E-state index is -4.06. The topological polar surface area (TPSA) is 90.0 Å². The summed E-state index contributed by atoms with van der Waals surface area (Å²) in [5, 5.41) is 3.29. The van der Waals surface area contributed by atoms with E-state index in [4.69, 9.17) is 11.6 Å². The van der Waals surface area contributed by atoms with Crippen molar-refractivity contribution in [1.82, 2.24) is 14.5 Å². The highest BCUT2D eigenvalue weighted by Crippen LogP contribution is 2.27. The molecule has 1 atom stereocenters. The zero-order chi connectivity index (χ0) is 29.4. The van der Waals surface area contributed by atoms with Gasteiger partial charge in [0.2, 0.25) is 11.8 Å². The average Bonchev–Trinajstić information content (AvgIpc) is 2.92. The quantitative estimate of drug-likeness (QED) is 0.343. The number of amides is 2. The smallest absolute Gasteiger partial charge is 0.304 e. The lowest BCUT2D eigenvalue weighted by molar-refractivity contribution is -0.140. The minimum absolute atomic E-state index is 0.0236.